The average molecular weight is 420 g/mol. The zero-order valence-corrected chi connectivity index (χ0v) is 17.2. The summed E-state index contributed by atoms with van der Waals surface area (Å²) in [6, 6.07) is 8.66. The third-order valence-electron chi connectivity index (χ3n) is 4.40. The Morgan fingerprint density at radius 3 is 2.52 bits per heavy atom. The topological polar surface area (TPSA) is 83.1 Å². The highest BCUT2D eigenvalue weighted by Gasteiger charge is 2.18. The number of nitrogens with one attached hydrogen (secondary N) is 1. The Morgan fingerprint density at radius 2 is 1.79 bits per heavy atom. The number of amides is 1. The summed E-state index contributed by atoms with van der Waals surface area (Å²) in [7, 11) is 0. The Labute approximate surface area is 173 Å². The predicted octanol–water partition coefficient (Wildman–Crippen LogP) is 3.48. The number of carbonyl (C=O) groups excluding carboxylic acids is 2. The summed E-state index contributed by atoms with van der Waals surface area (Å²) in [6.45, 7) is 5.00. The first-order valence-corrected chi connectivity index (χ1v) is 9.45. The zero-order chi connectivity index (χ0) is 21.0. The van der Waals surface area contributed by atoms with Gasteiger partial charge in [0.25, 0.3) is 5.91 Å². The first kappa shape index (κ1) is 20.8. The van der Waals surface area contributed by atoms with Gasteiger partial charge in [-0.2, -0.15) is 0 Å². The first-order valence-electron chi connectivity index (χ1n) is 9.07. The van der Waals surface area contributed by atoms with Crippen molar-refractivity contribution in [3.8, 4) is 17.2 Å². The molecule has 8 heteroatoms. The maximum atomic E-state index is 12.1. The quantitative estimate of drug-likeness (QED) is 0.692. The van der Waals surface area contributed by atoms with Crippen LogP contribution in [0, 0.1) is 13.8 Å². The lowest BCUT2D eigenvalue weighted by atomic mass is 10.1. The molecule has 29 heavy (non-hydrogen) atoms. The van der Waals surface area contributed by atoms with Gasteiger partial charge in [-0.1, -0.05) is 17.7 Å². The van der Waals surface area contributed by atoms with E-state index in [-0.39, 0.29) is 19.4 Å². The smallest absolute Gasteiger partial charge is 0.344 e. The molecule has 2 aromatic rings. The van der Waals surface area contributed by atoms with Crippen molar-refractivity contribution in [1.82, 2.24) is 5.32 Å². The lowest BCUT2D eigenvalue weighted by Gasteiger charge is -2.15. The van der Waals surface area contributed by atoms with Gasteiger partial charge in [-0.15, -0.1) is 0 Å². The van der Waals surface area contributed by atoms with E-state index in [0.29, 0.717) is 22.3 Å². The number of carbonyl (C=O) groups is 2. The number of aryl methyl sites for hydroxylation is 2. The molecule has 0 unspecified atom stereocenters. The van der Waals surface area contributed by atoms with E-state index in [0.717, 1.165) is 16.7 Å². The third-order valence-corrected chi connectivity index (χ3v) is 4.62. The van der Waals surface area contributed by atoms with Gasteiger partial charge in [0.05, 0.1) is 6.04 Å². The van der Waals surface area contributed by atoms with Crippen molar-refractivity contribution < 1.29 is 28.5 Å². The Hall–Kier alpha value is -2.93. The number of hydrogen-bond acceptors (Lipinski definition) is 6. The molecule has 0 radical (unpaired) electrons. The van der Waals surface area contributed by atoms with E-state index >= 15 is 0 Å². The monoisotopic (exact) mass is 419 g/mol. The number of fused-ring (bicyclic) bond motifs is 1. The van der Waals surface area contributed by atoms with Crippen LogP contribution >= 0.6 is 11.6 Å². The highest BCUT2D eigenvalue weighted by Crippen LogP contribution is 2.34. The van der Waals surface area contributed by atoms with Crippen LogP contribution in [0.15, 0.2) is 30.3 Å². The highest BCUT2D eigenvalue weighted by molar-refractivity contribution is 6.30. The van der Waals surface area contributed by atoms with Crippen LogP contribution in [-0.2, 0) is 14.3 Å². The second-order valence-corrected chi connectivity index (χ2v) is 7.16. The van der Waals surface area contributed by atoms with E-state index in [4.69, 9.17) is 30.5 Å². The molecule has 1 amide bonds. The summed E-state index contributed by atoms with van der Waals surface area (Å²) in [5, 5.41) is 3.37. The van der Waals surface area contributed by atoms with Gasteiger partial charge in [0.1, 0.15) is 5.75 Å². The molecule has 0 aliphatic carbocycles. The largest absolute Gasteiger partial charge is 0.481 e. The maximum absolute atomic E-state index is 12.1. The van der Waals surface area contributed by atoms with Crippen molar-refractivity contribution in [3.05, 3.63) is 52.0 Å². The molecule has 2 aromatic carbocycles. The number of halogens is 1. The zero-order valence-electron chi connectivity index (χ0n) is 16.4. The van der Waals surface area contributed by atoms with Crippen LogP contribution in [0.25, 0.3) is 0 Å². The molecule has 1 N–H and O–H groups in total. The second kappa shape index (κ2) is 9.05. The summed E-state index contributed by atoms with van der Waals surface area (Å²) < 4.78 is 21.1. The van der Waals surface area contributed by atoms with Crippen LogP contribution in [0.1, 0.15) is 29.7 Å². The van der Waals surface area contributed by atoms with E-state index in [2.05, 4.69) is 5.32 Å². The normalized spacial score (nSPS) is 13.0. The van der Waals surface area contributed by atoms with E-state index in [1.54, 1.807) is 18.2 Å². The molecule has 1 aliphatic heterocycles. The van der Waals surface area contributed by atoms with Gasteiger partial charge >= 0.3 is 5.97 Å². The fourth-order valence-electron chi connectivity index (χ4n) is 2.99. The van der Waals surface area contributed by atoms with Gasteiger partial charge in [-0.25, -0.2) is 4.79 Å². The lowest BCUT2D eigenvalue weighted by Crippen LogP contribution is -2.32. The Kier molecular flexibility index (Phi) is 6.49. The summed E-state index contributed by atoms with van der Waals surface area (Å²) in [4.78, 5) is 24.0. The molecular weight excluding hydrogens is 398 g/mol. The third kappa shape index (κ3) is 5.32. The van der Waals surface area contributed by atoms with Gasteiger partial charge in [0.2, 0.25) is 6.79 Å². The average Bonchev–Trinajstić information content (AvgIpc) is 3.13. The molecule has 0 aromatic heterocycles. The van der Waals surface area contributed by atoms with E-state index in [1.807, 2.05) is 32.9 Å². The fourth-order valence-corrected chi connectivity index (χ4v) is 3.32. The first-order chi connectivity index (χ1) is 13.8. The molecule has 0 bridgehead atoms. The van der Waals surface area contributed by atoms with E-state index in [9.17, 15) is 9.59 Å². The van der Waals surface area contributed by atoms with Crippen LogP contribution < -0.4 is 19.5 Å². The van der Waals surface area contributed by atoms with E-state index in [1.165, 1.54) is 0 Å². The number of ether oxygens (including phenoxy) is 4. The summed E-state index contributed by atoms with van der Waals surface area (Å²) in [6.07, 6.45) is 0. The minimum absolute atomic E-state index is 0.187. The molecule has 154 valence electrons. The van der Waals surface area contributed by atoms with Crippen LogP contribution in [0.2, 0.25) is 5.02 Å². The highest BCUT2D eigenvalue weighted by atomic mass is 35.5. The molecule has 1 heterocycles. The maximum Gasteiger partial charge on any atom is 0.344 e. The molecule has 0 fully saturated rings. The van der Waals surface area contributed by atoms with Crippen molar-refractivity contribution in [2.24, 2.45) is 0 Å². The summed E-state index contributed by atoms with van der Waals surface area (Å²) in [5.74, 6) is 0.839. The van der Waals surface area contributed by atoms with Crippen molar-refractivity contribution >= 4 is 23.5 Å². The molecular formula is C21H22ClNO6. The van der Waals surface area contributed by atoms with Crippen LogP contribution in [0.5, 0.6) is 17.2 Å². The van der Waals surface area contributed by atoms with Gasteiger partial charge in [0, 0.05) is 5.02 Å². The van der Waals surface area contributed by atoms with Crippen molar-refractivity contribution in [1.29, 1.82) is 0 Å². The predicted molar refractivity (Wildman–Crippen MR) is 107 cm³/mol. The molecule has 1 aliphatic rings. The summed E-state index contributed by atoms with van der Waals surface area (Å²) >= 11 is 5.98. The minimum Gasteiger partial charge on any atom is -0.481 e. The fraction of sp³-hybridized carbons (Fsp3) is 0.333. The Morgan fingerprint density at radius 1 is 1.10 bits per heavy atom. The standard InChI is InChI=1S/C21H22ClNO6/c1-12-6-16(22)7-13(2)21(12)27-10-20(25)26-9-19(24)23-14(3)15-4-5-17-18(8-15)29-11-28-17/h4-8,14H,9-11H2,1-3H3,(H,23,24)/t14-/m1/s1. The number of hydrogen-bond donors (Lipinski definition) is 1. The molecule has 1 atom stereocenters. The van der Waals surface area contributed by atoms with Gasteiger partial charge in [-0.3, -0.25) is 4.79 Å². The minimum atomic E-state index is -0.635. The van der Waals surface area contributed by atoms with Crippen LogP contribution in [0.4, 0.5) is 0 Å². The van der Waals surface area contributed by atoms with Crippen molar-refractivity contribution in [2.75, 3.05) is 20.0 Å². The number of benzene rings is 2. The van der Waals surface area contributed by atoms with E-state index < -0.39 is 18.5 Å². The molecule has 0 spiro atoms. The van der Waals surface area contributed by atoms with Gasteiger partial charge < -0.3 is 24.3 Å². The molecule has 3 rings (SSSR count). The second-order valence-electron chi connectivity index (χ2n) is 6.72. The summed E-state index contributed by atoms with van der Waals surface area (Å²) in [5.41, 5.74) is 2.49. The van der Waals surface area contributed by atoms with Crippen molar-refractivity contribution in [3.63, 3.8) is 0 Å². The van der Waals surface area contributed by atoms with Crippen LogP contribution in [-0.4, -0.2) is 31.9 Å². The Balaban J connectivity index is 1.45. The number of rotatable bonds is 7. The molecule has 0 saturated carbocycles. The molecule has 0 saturated heterocycles. The number of esters is 1. The van der Waals surface area contributed by atoms with Gasteiger partial charge in [0.15, 0.2) is 24.7 Å². The SMILES string of the molecule is Cc1cc(Cl)cc(C)c1OCC(=O)OCC(=O)N[C@H](C)c1ccc2c(c1)OCO2. The lowest BCUT2D eigenvalue weighted by molar-refractivity contribution is -0.150. The van der Waals surface area contributed by atoms with Gasteiger partial charge in [-0.05, 0) is 61.7 Å². The Bertz CT molecular complexity index is 906. The van der Waals surface area contributed by atoms with Crippen molar-refractivity contribution in [2.45, 2.75) is 26.8 Å². The van der Waals surface area contributed by atoms with Crippen LogP contribution in [0.3, 0.4) is 0 Å². The molecule has 7 nitrogen and oxygen atoms in total.